The van der Waals surface area contributed by atoms with E-state index >= 15 is 0 Å². The molecule has 3 aromatic rings. The lowest BCUT2D eigenvalue weighted by atomic mass is 10.1. The number of nitrogens with one attached hydrogen (secondary N) is 1. The monoisotopic (exact) mass is 414 g/mol. The molecule has 0 aliphatic carbocycles. The van der Waals surface area contributed by atoms with E-state index in [0.717, 1.165) is 23.4 Å². The number of carbonyl (C=O) groups is 2. The Labute approximate surface area is 172 Å². The van der Waals surface area contributed by atoms with Crippen LogP contribution in [-0.2, 0) is 27.2 Å². The summed E-state index contributed by atoms with van der Waals surface area (Å²) in [5.74, 6) is -0.736. The molecule has 0 unspecified atom stereocenters. The van der Waals surface area contributed by atoms with Crippen molar-refractivity contribution in [2.45, 2.75) is 32.2 Å². The van der Waals surface area contributed by atoms with Gasteiger partial charge in [-0.1, -0.05) is 30.3 Å². The molecule has 1 aromatic carbocycles. The van der Waals surface area contributed by atoms with Gasteiger partial charge in [-0.05, 0) is 36.8 Å². The Morgan fingerprint density at radius 3 is 2.75 bits per heavy atom. The molecule has 0 saturated carbocycles. The van der Waals surface area contributed by atoms with Gasteiger partial charge in [0.2, 0.25) is 0 Å². The molecule has 1 atom stereocenters. The van der Waals surface area contributed by atoms with E-state index in [4.69, 9.17) is 4.74 Å². The van der Waals surface area contributed by atoms with Crippen molar-refractivity contribution in [2.75, 3.05) is 6.61 Å². The number of esters is 1. The average molecular weight is 415 g/mol. The highest BCUT2D eigenvalue weighted by Crippen LogP contribution is 2.25. The Bertz CT molecular complexity index is 892. The molecule has 0 aliphatic rings. The molecular formula is C21H22N2O3S2. The topological polar surface area (TPSA) is 68.3 Å². The van der Waals surface area contributed by atoms with Crippen LogP contribution in [0.5, 0.6) is 0 Å². The lowest BCUT2D eigenvalue weighted by Gasteiger charge is -2.14. The van der Waals surface area contributed by atoms with E-state index in [9.17, 15) is 9.59 Å². The second-order valence-corrected chi connectivity index (χ2v) is 8.12. The molecule has 28 heavy (non-hydrogen) atoms. The zero-order chi connectivity index (χ0) is 19.8. The summed E-state index contributed by atoms with van der Waals surface area (Å²) in [6.45, 7) is 1.68. The number of thiophene rings is 1. The lowest BCUT2D eigenvalue weighted by molar-refractivity contribution is -0.148. The molecule has 0 spiro atoms. The van der Waals surface area contributed by atoms with Crippen LogP contribution in [0.15, 0.2) is 52.5 Å². The maximum Gasteiger partial charge on any atom is 0.312 e. The van der Waals surface area contributed by atoms with Gasteiger partial charge in [-0.3, -0.25) is 9.59 Å². The van der Waals surface area contributed by atoms with Crippen molar-refractivity contribution < 1.29 is 14.3 Å². The van der Waals surface area contributed by atoms with Gasteiger partial charge in [0.25, 0.3) is 5.91 Å². The maximum absolute atomic E-state index is 12.0. The number of benzene rings is 1. The molecule has 0 radical (unpaired) electrons. The Hall–Kier alpha value is -2.51. The Morgan fingerprint density at radius 2 is 2.00 bits per heavy atom. The summed E-state index contributed by atoms with van der Waals surface area (Å²) in [4.78, 5) is 28.4. The fraction of sp³-hybridized carbons (Fsp3) is 0.286. The quantitative estimate of drug-likeness (QED) is 0.536. The van der Waals surface area contributed by atoms with E-state index < -0.39 is 5.97 Å². The largest absolute Gasteiger partial charge is 0.455 e. The van der Waals surface area contributed by atoms with E-state index in [2.05, 4.69) is 22.4 Å². The number of aryl methyl sites for hydroxylation is 1. The summed E-state index contributed by atoms with van der Waals surface area (Å²) in [5, 5.41) is 9.60. The maximum atomic E-state index is 12.0. The minimum atomic E-state index is -0.450. The smallest absolute Gasteiger partial charge is 0.312 e. The number of aromatic nitrogens is 1. The van der Waals surface area contributed by atoms with Crippen LogP contribution in [0.4, 0.5) is 0 Å². The number of thiazole rings is 1. The predicted molar refractivity (Wildman–Crippen MR) is 112 cm³/mol. The first-order valence-corrected chi connectivity index (χ1v) is 10.9. The number of ether oxygens (including phenoxy) is 1. The van der Waals surface area contributed by atoms with Crippen molar-refractivity contribution in [3.63, 3.8) is 0 Å². The number of rotatable bonds is 9. The number of hydrogen-bond acceptors (Lipinski definition) is 6. The molecule has 3 rings (SSSR count). The van der Waals surface area contributed by atoms with Crippen LogP contribution >= 0.6 is 22.7 Å². The minimum Gasteiger partial charge on any atom is -0.455 e. The molecule has 1 N–H and O–H groups in total. The minimum absolute atomic E-state index is 0.0121. The number of hydrogen-bond donors (Lipinski definition) is 1. The molecule has 0 saturated heterocycles. The molecule has 0 aliphatic heterocycles. The molecule has 2 aromatic heterocycles. The van der Waals surface area contributed by atoms with E-state index in [0.29, 0.717) is 5.69 Å². The van der Waals surface area contributed by atoms with Crippen molar-refractivity contribution >= 4 is 34.6 Å². The normalized spacial score (nSPS) is 11.8. The molecule has 0 bridgehead atoms. The predicted octanol–water partition coefficient (Wildman–Crippen LogP) is 4.09. The molecule has 1 amide bonds. The van der Waals surface area contributed by atoms with Crippen molar-refractivity contribution in [2.24, 2.45) is 0 Å². The molecular weight excluding hydrogens is 392 g/mol. The fourth-order valence-electron chi connectivity index (χ4n) is 2.67. The van der Waals surface area contributed by atoms with Crippen molar-refractivity contribution in [3.05, 3.63) is 63.8 Å². The van der Waals surface area contributed by atoms with E-state index in [1.165, 1.54) is 16.9 Å². The second kappa shape index (κ2) is 10.1. The van der Waals surface area contributed by atoms with Crippen LogP contribution in [0.2, 0.25) is 0 Å². The van der Waals surface area contributed by atoms with Gasteiger partial charge >= 0.3 is 5.97 Å². The van der Waals surface area contributed by atoms with Crippen molar-refractivity contribution in [1.29, 1.82) is 0 Å². The Balaban J connectivity index is 1.36. The van der Waals surface area contributed by atoms with E-state index in [1.54, 1.807) is 11.3 Å². The third-order valence-electron chi connectivity index (χ3n) is 4.13. The number of amides is 1. The van der Waals surface area contributed by atoms with E-state index in [1.807, 2.05) is 47.3 Å². The van der Waals surface area contributed by atoms with Crippen LogP contribution in [0.1, 0.15) is 24.6 Å². The fourth-order valence-corrected chi connectivity index (χ4v) is 4.20. The van der Waals surface area contributed by atoms with Crippen LogP contribution in [0.3, 0.4) is 0 Å². The first kappa shape index (κ1) is 20.2. The second-order valence-electron chi connectivity index (χ2n) is 6.49. The van der Waals surface area contributed by atoms with Gasteiger partial charge in [0.15, 0.2) is 6.61 Å². The molecule has 2 heterocycles. The van der Waals surface area contributed by atoms with Gasteiger partial charge in [0, 0.05) is 22.4 Å². The van der Waals surface area contributed by atoms with Crippen LogP contribution in [0.25, 0.3) is 10.6 Å². The van der Waals surface area contributed by atoms with E-state index in [-0.39, 0.29) is 25.0 Å². The Kier molecular flexibility index (Phi) is 7.33. The summed E-state index contributed by atoms with van der Waals surface area (Å²) in [6.07, 6.45) is 1.78. The molecule has 0 fully saturated rings. The molecule has 146 valence electrons. The van der Waals surface area contributed by atoms with Crippen molar-refractivity contribution in [1.82, 2.24) is 10.3 Å². The van der Waals surface area contributed by atoms with Gasteiger partial charge < -0.3 is 10.1 Å². The number of nitrogens with zero attached hydrogens (tertiary/aromatic N) is 1. The zero-order valence-electron chi connectivity index (χ0n) is 15.6. The average Bonchev–Trinajstić information content (AvgIpc) is 3.37. The number of carbonyl (C=O) groups excluding carboxylic acids is 2. The summed E-state index contributed by atoms with van der Waals surface area (Å²) in [7, 11) is 0. The third kappa shape index (κ3) is 6.28. The van der Waals surface area contributed by atoms with Gasteiger partial charge in [-0.15, -0.1) is 11.3 Å². The highest BCUT2D eigenvalue weighted by Gasteiger charge is 2.13. The summed E-state index contributed by atoms with van der Waals surface area (Å²) in [6, 6.07) is 12.1. The molecule has 5 nitrogen and oxygen atoms in total. The van der Waals surface area contributed by atoms with Crippen LogP contribution in [-0.4, -0.2) is 29.5 Å². The molecule has 7 heteroatoms. The summed E-state index contributed by atoms with van der Waals surface area (Å²) < 4.78 is 5.09. The van der Waals surface area contributed by atoms with Gasteiger partial charge in [-0.25, -0.2) is 4.98 Å². The van der Waals surface area contributed by atoms with Gasteiger partial charge in [0.05, 0.1) is 12.1 Å². The van der Waals surface area contributed by atoms with Crippen LogP contribution in [0, 0.1) is 0 Å². The SMILES string of the molecule is C[C@@H](CCc1ccccc1)NC(=O)COC(=O)Cc1csc(-c2ccsc2)n1. The third-order valence-corrected chi connectivity index (χ3v) is 5.75. The Morgan fingerprint density at radius 1 is 1.18 bits per heavy atom. The van der Waals surface area contributed by atoms with Gasteiger partial charge in [0.1, 0.15) is 5.01 Å². The lowest BCUT2D eigenvalue weighted by Crippen LogP contribution is -2.36. The summed E-state index contributed by atoms with van der Waals surface area (Å²) in [5.41, 5.74) is 2.95. The zero-order valence-corrected chi connectivity index (χ0v) is 17.2. The van der Waals surface area contributed by atoms with Crippen molar-refractivity contribution in [3.8, 4) is 10.6 Å². The highest BCUT2D eigenvalue weighted by atomic mass is 32.1. The summed E-state index contributed by atoms with van der Waals surface area (Å²) >= 11 is 3.10. The first-order valence-electron chi connectivity index (χ1n) is 9.06. The standard InChI is InChI=1S/C21H22N2O3S2/c1-15(7-8-16-5-3-2-4-6-16)22-19(24)12-26-20(25)11-18-14-28-21(23-18)17-9-10-27-13-17/h2-6,9-10,13-15H,7-8,11-12H2,1H3,(H,22,24)/t15-/m0/s1. The van der Waals surface area contributed by atoms with Crippen LogP contribution < -0.4 is 5.32 Å². The first-order chi connectivity index (χ1) is 13.6. The van der Waals surface area contributed by atoms with Gasteiger partial charge in [-0.2, -0.15) is 11.3 Å². The highest BCUT2D eigenvalue weighted by molar-refractivity contribution is 7.14.